The number of methoxy groups -OCH3 is 1. The number of benzene rings is 3. The highest BCUT2D eigenvalue weighted by Gasteiger charge is 2.21. The lowest BCUT2D eigenvalue weighted by molar-refractivity contribution is -0.137. The van der Waals surface area contributed by atoms with Crippen LogP contribution in [0.5, 0.6) is 5.88 Å². The maximum Gasteiger partial charge on any atom is 0.305 e. The van der Waals surface area contributed by atoms with Crippen LogP contribution in [0.25, 0.3) is 21.9 Å². The van der Waals surface area contributed by atoms with E-state index in [-0.39, 0.29) is 6.42 Å². The highest BCUT2D eigenvalue weighted by atomic mass is 16.5. The SMILES string of the molecule is COc1ncc(C(=O)NC(CC(=O)O)c2ccccc2C)cc1-c1ccc2ccccc2c1. The zero-order chi connectivity index (χ0) is 23.4. The van der Waals surface area contributed by atoms with Crippen molar-refractivity contribution >= 4 is 22.6 Å². The number of amides is 1. The molecule has 4 aromatic rings. The third-order valence-corrected chi connectivity index (χ3v) is 5.62. The molecule has 6 heteroatoms. The highest BCUT2D eigenvalue weighted by molar-refractivity contribution is 5.96. The monoisotopic (exact) mass is 440 g/mol. The summed E-state index contributed by atoms with van der Waals surface area (Å²) in [6.07, 6.45) is 1.21. The fourth-order valence-corrected chi connectivity index (χ4v) is 3.94. The van der Waals surface area contributed by atoms with Crippen molar-refractivity contribution in [3.63, 3.8) is 0 Å². The Balaban J connectivity index is 1.68. The van der Waals surface area contributed by atoms with Crippen LogP contribution in [0.15, 0.2) is 79.0 Å². The van der Waals surface area contributed by atoms with Crippen LogP contribution in [-0.4, -0.2) is 29.1 Å². The summed E-state index contributed by atoms with van der Waals surface area (Å²) in [6.45, 7) is 1.89. The largest absolute Gasteiger partial charge is 0.481 e. The van der Waals surface area contributed by atoms with E-state index in [0.29, 0.717) is 17.0 Å². The highest BCUT2D eigenvalue weighted by Crippen LogP contribution is 2.31. The fraction of sp³-hybridized carbons (Fsp3) is 0.148. The average Bonchev–Trinajstić information content (AvgIpc) is 2.83. The molecule has 0 aliphatic carbocycles. The van der Waals surface area contributed by atoms with Gasteiger partial charge in [0.2, 0.25) is 5.88 Å². The second kappa shape index (κ2) is 9.53. The molecule has 2 N–H and O–H groups in total. The van der Waals surface area contributed by atoms with Crippen molar-refractivity contribution in [2.45, 2.75) is 19.4 Å². The number of carbonyl (C=O) groups excluding carboxylic acids is 1. The normalized spacial score (nSPS) is 11.7. The van der Waals surface area contributed by atoms with E-state index < -0.39 is 17.9 Å². The van der Waals surface area contributed by atoms with Crippen LogP contribution in [0.1, 0.15) is 33.9 Å². The number of fused-ring (bicyclic) bond motifs is 1. The van der Waals surface area contributed by atoms with Crippen molar-refractivity contribution < 1.29 is 19.4 Å². The molecule has 1 amide bonds. The van der Waals surface area contributed by atoms with Gasteiger partial charge in [0, 0.05) is 11.8 Å². The first-order valence-corrected chi connectivity index (χ1v) is 10.6. The molecule has 0 saturated carbocycles. The Kier molecular flexibility index (Phi) is 6.36. The van der Waals surface area contributed by atoms with Crippen LogP contribution in [0.2, 0.25) is 0 Å². The topological polar surface area (TPSA) is 88.5 Å². The molecule has 3 aromatic carbocycles. The first-order valence-electron chi connectivity index (χ1n) is 10.6. The van der Waals surface area contributed by atoms with Crippen molar-refractivity contribution in [2.75, 3.05) is 7.11 Å². The van der Waals surface area contributed by atoms with Gasteiger partial charge in [0.15, 0.2) is 0 Å². The molecule has 0 spiro atoms. The second-order valence-corrected chi connectivity index (χ2v) is 7.82. The Morgan fingerprint density at radius 3 is 2.45 bits per heavy atom. The zero-order valence-corrected chi connectivity index (χ0v) is 18.4. The van der Waals surface area contributed by atoms with Crippen LogP contribution >= 0.6 is 0 Å². The van der Waals surface area contributed by atoms with Crippen LogP contribution < -0.4 is 10.1 Å². The number of carbonyl (C=O) groups is 2. The summed E-state index contributed by atoms with van der Waals surface area (Å²) < 4.78 is 5.44. The van der Waals surface area contributed by atoms with Gasteiger partial charge >= 0.3 is 5.97 Å². The van der Waals surface area contributed by atoms with Gasteiger partial charge in [0.1, 0.15) is 0 Å². The molecular weight excluding hydrogens is 416 g/mol. The van der Waals surface area contributed by atoms with Crippen LogP contribution in [0.3, 0.4) is 0 Å². The molecule has 1 unspecified atom stereocenters. The van der Waals surface area contributed by atoms with Crippen LogP contribution in [0, 0.1) is 6.92 Å². The molecule has 1 heterocycles. The smallest absolute Gasteiger partial charge is 0.305 e. The minimum absolute atomic E-state index is 0.224. The first kappa shape index (κ1) is 22.0. The molecule has 0 bridgehead atoms. The van der Waals surface area contributed by atoms with Gasteiger partial charge in [-0.3, -0.25) is 9.59 Å². The predicted molar refractivity (Wildman–Crippen MR) is 127 cm³/mol. The molecule has 1 atom stereocenters. The number of nitrogens with zero attached hydrogens (tertiary/aromatic N) is 1. The standard InChI is InChI=1S/C27H24N2O4/c1-17-7-3-6-10-22(17)24(15-25(30)31)29-26(32)21-14-23(27(33-2)28-16-21)20-12-11-18-8-4-5-9-19(18)13-20/h3-14,16,24H,15H2,1-2H3,(H,29,32)(H,30,31). The zero-order valence-electron chi connectivity index (χ0n) is 18.4. The number of carboxylic acid groups (broad SMARTS) is 1. The third-order valence-electron chi connectivity index (χ3n) is 5.62. The van der Waals surface area contributed by atoms with Crippen molar-refractivity contribution in [1.82, 2.24) is 10.3 Å². The van der Waals surface area contributed by atoms with E-state index in [1.807, 2.05) is 73.7 Å². The molecule has 0 saturated heterocycles. The number of aromatic nitrogens is 1. The molecule has 33 heavy (non-hydrogen) atoms. The Morgan fingerprint density at radius 2 is 1.73 bits per heavy atom. The van der Waals surface area contributed by atoms with E-state index in [9.17, 15) is 14.7 Å². The Hall–Kier alpha value is -4.19. The predicted octanol–water partition coefficient (Wildman–Crippen LogP) is 5.16. The van der Waals surface area contributed by atoms with E-state index in [1.165, 1.54) is 13.3 Å². The first-order chi connectivity index (χ1) is 16.0. The average molecular weight is 440 g/mol. The molecule has 166 valence electrons. The van der Waals surface area contributed by atoms with Gasteiger partial charge in [-0.1, -0.05) is 60.7 Å². The van der Waals surface area contributed by atoms with E-state index in [0.717, 1.165) is 27.5 Å². The number of aliphatic carboxylic acids is 1. The lowest BCUT2D eigenvalue weighted by Crippen LogP contribution is -2.30. The van der Waals surface area contributed by atoms with E-state index in [4.69, 9.17) is 4.74 Å². The summed E-state index contributed by atoms with van der Waals surface area (Å²) in [5.74, 6) is -0.988. The number of ether oxygens (including phenoxy) is 1. The minimum Gasteiger partial charge on any atom is -0.481 e. The number of carboxylic acids is 1. The molecule has 6 nitrogen and oxygen atoms in total. The van der Waals surface area contributed by atoms with Gasteiger partial charge in [-0.15, -0.1) is 0 Å². The van der Waals surface area contributed by atoms with Crippen LogP contribution in [-0.2, 0) is 4.79 Å². The summed E-state index contributed by atoms with van der Waals surface area (Å²) in [5.41, 5.74) is 3.55. The van der Waals surface area contributed by atoms with E-state index in [2.05, 4.69) is 10.3 Å². The van der Waals surface area contributed by atoms with Crippen LogP contribution in [0.4, 0.5) is 0 Å². The summed E-state index contributed by atoms with van der Waals surface area (Å²) in [7, 11) is 1.54. The van der Waals surface area contributed by atoms with E-state index >= 15 is 0 Å². The molecule has 0 aliphatic heterocycles. The Morgan fingerprint density at radius 1 is 1.00 bits per heavy atom. The fourth-order valence-electron chi connectivity index (χ4n) is 3.94. The third kappa shape index (κ3) is 4.85. The number of nitrogens with one attached hydrogen (secondary N) is 1. The number of hydrogen-bond acceptors (Lipinski definition) is 4. The summed E-state index contributed by atoms with van der Waals surface area (Å²) in [6, 6.07) is 22.5. The quantitative estimate of drug-likeness (QED) is 0.414. The van der Waals surface area contributed by atoms with Gasteiger partial charge in [-0.05, 0) is 46.5 Å². The molecule has 0 radical (unpaired) electrons. The van der Waals surface area contributed by atoms with Crippen molar-refractivity contribution in [1.29, 1.82) is 0 Å². The summed E-state index contributed by atoms with van der Waals surface area (Å²) in [4.78, 5) is 28.9. The lowest BCUT2D eigenvalue weighted by atomic mass is 9.98. The van der Waals surface area contributed by atoms with Gasteiger partial charge in [0.25, 0.3) is 5.91 Å². The maximum atomic E-state index is 13.1. The minimum atomic E-state index is -0.992. The molecule has 0 fully saturated rings. The van der Waals surface area contributed by atoms with Crippen molar-refractivity contribution in [2.24, 2.45) is 0 Å². The number of pyridine rings is 1. The van der Waals surface area contributed by atoms with E-state index in [1.54, 1.807) is 6.07 Å². The summed E-state index contributed by atoms with van der Waals surface area (Å²) >= 11 is 0. The number of rotatable bonds is 7. The van der Waals surface area contributed by atoms with Gasteiger partial charge < -0.3 is 15.2 Å². The molecule has 4 rings (SSSR count). The van der Waals surface area contributed by atoms with Crippen molar-refractivity contribution in [3.05, 3.63) is 95.7 Å². The van der Waals surface area contributed by atoms with Gasteiger partial charge in [0.05, 0.1) is 25.1 Å². The number of hydrogen-bond donors (Lipinski definition) is 2. The molecule has 1 aromatic heterocycles. The van der Waals surface area contributed by atoms with Gasteiger partial charge in [-0.2, -0.15) is 0 Å². The van der Waals surface area contributed by atoms with Crippen molar-refractivity contribution in [3.8, 4) is 17.0 Å². The summed E-state index contributed by atoms with van der Waals surface area (Å²) in [5, 5.41) is 14.4. The van der Waals surface area contributed by atoms with Gasteiger partial charge in [-0.25, -0.2) is 4.98 Å². The maximum absolute atomic E-state index is 13.1. The lowest BCUT2D eigenvalue weighted by Gasteiger charge is -2.20. The molecular formula is C27H24N2O4. The number of aryl methyl sites for hydroxylation is 1. The Labute approximate surface area is 191 Å². The second-order valence-electron chi connectivity index (χ2n) is 7.82. The Bertz CT molecular complexity index is 1330. The molecule has 0 aliphatic rings.